The molecule has 1 aliphatic rings. The lowest BCUT2D eigenvalue weighted by atomic mass is 9.80. The SMILES string of the molecule is Cc1nc(C(C)C)nc2c1CCc1c(C)c(C)c(C)c(C)c1-2. The Kier molecular flexibility index (Phi) is 3.58. The third-order valence-electron chi connectivity index (χ3n) is 5.43. The van der Waals surface area contributed by atoms with Gasteiger partial charge in [0.2, 0.25) is 0 Å². The largest absolute Gasteiger partial charge is 0.238 e. The highest BCUT2D eigenvalue weighted by Crippen LogP contribution is 2.40. The van der Waals surface area contributed by atoms with E-state index in [1.54, 1.807) is 0 Å². The molecule has 0 atom stereocenters. The summed E-state index contributed by atoms with van der Waals surface area (Å²) in [5, 5.41) is 0. The molecule has 116 valence electrons. The first kappa shape index (κ1) is 15.2. The summed E-state index contributed by atoms with van der Waals surface area (Å²) in [7, 11) is 0. The minimum absolute atomic E-state index is 0.363. The Balaban J connectivity index is 2.38. The van der Waals surface area contributed by atoms with Gasteiger partial charge in [0.1, 0.15) is 5.82 Å². The Hall–Kier alpha value is -1.70. The van der Waals surface area contributed by atoms with Gasteiger partial charge in [-0.1, -0.05) is 13.8 Å². The molecule has 0 spiro atoms. The first-order chi connectivity index (χ1) is 10.3. The molecule has 0 N–H and O–H groups in total. The van der Waals surface area contributed by atoms with Crippen molar-refractivity contribution in [1.29, 1.82) is 0 Å². The molecule has 0 saturated carbocycles. The van der Waals surface area contributed by atoms with Crippen LogP contribution in [-0.2, 0) is 12.8 Å². The predicted octanol–water partition coefficient (Wildman–Crippen LogP) is 4.91. The fourth-order valence-electron chi connectivity index (χ4n) is 3.66. The van der Waals surface area contributed by atoms with Crippen LogP contribution in [0.3, 0.4) is 0 Å². The smallest absolute Gasteiger partial charge is 0.131 e. The van der Waals surface area contributed by atoms with Crippen molar-refractivity contribution in [3.05, 3.63) is 44.9 Å². The van der Waals surface area contributed by atoms with Gasteiger partial charge in [0.05, 0.1) is 5.69 Å². The van der Waals surface area contributed by atoms with Crippen molar-refractivity contribution in [2.75, 3.05) is 0 Å². The number of hydrogen-bond donors (Lipinski definition) is 0. The van der Waals surface area contributed by atoms with Crippen LogP contribution in [0, 0.1) is 34.6 Å². The van der Waals surface area contributed by atoms with E-state index in [1.807, 2.05) is 0 Å². The minimum atomic E-state index is 0.363. The van der Waals surface area contributed by atoms with Gasteiger partial charge in [-0.25, -0.2) is 9.97 Å². The summed E-state index contributed by atoms with van der Waals surface area (Å²) in [4.78, 5) is 9.72. The van der Waals surface area contributed by atoms with Crippen molar-refractivity contribution in [2.45, 2.75) is 67.2 Å². The molecule has 0 radical (unpaired) electrons. The molecule has 0 bridgehead atoms. The average Bonchev–Trinajstić information content (AvgIpc) is 2.49. The fourth-order valence-corrected chi connectivity index (χ4v) is 3.66. The molecule has 2 nitrogen and oxygen atoms in total. The molecule has 1 aromatic heterocycles. The molecule has 1 aromatic carbocycles. The molecule has 0 saturated heterocycles. The highest BCUT2D eigenvalue weighted by atomic mass is 14.9. The van der Waals surface area contributed by atoms with E-state index in [0.717, 1.165) is 24.4 Å². The van der Waals surface area contributed by atoms with Crippen molar-refractivity contribution in [1.82, 2.24) is 9.97 Å². The van der Waals surface area contributed by atoms with Crippen molar-refractivity contribution >= 4 is 0 Å². The van der Waals surface area contributed by atoms with Crippen LogP contribution in [0.25, 0.3) is 11.3 Å². The van der Waals surface area contributed by atoms with Gasteiger partial charge in [-0.15, -0.1) is 0 Å². The lowest BCUT2D eigenvalue weighted by Crippen LogP contribution is -2.15. The molecular formula is C20H26N2. The van der Waals surface area contributed by atoms with E-state index in [9.17, 15) is 0 Å². The first-order valence-corrected chi connectivity index (χ1v) is 8.29. The molecule has 1 aliphatic carbocycles. The Bertz CT molecular complexity index is 770. The normalized spacial score (nSPS) is 13.3. The lowest BCUT2D eigenvalue weighted by molar-refractivity contribution is 0.751. The van der Waals surface area contributed by atoms with E-state index in [1.165, 1.54) is 44.6 Å². The van der Waals surface area contributed by atoms with Crippen LogP contribution in [0.1, 0.15) is 64.7 Å². The van der Waals surface area contributed by atoms with E-state index in [4.69, 9.17) is 9.97 Å². The van der Waals surface area contributed by atoms with Gasteiger partial charge < -0.3 is 0 Å². The number of hydrogen-bond acceptors (Lipinski definition) is 2. The number of rotatable bonds is 1. The van der Waals surface area contributed by atoms with E-state index >= 15 is 0 Å². The summed E-state index contributed by atoms with van der Waals surface area (Å²) >= 11 is 0. The average molecular weight is 294 g/mol. The van der Waals surface area contributed by atoms with Gasteiger partial charge in [-0.3, -0.25) is 0 Å². The van der Waals surface area contributed by atoms with Crippen molar-refractivity contribution in [3.8, 4) is 11.3 Å². The highest BCUT2D eigenvalue weighted by molar-refractivity contribution is 5.77. The molecule has 22 heavy (non-hydrogen) atoms. The Morgan fingerprint density at radius 2 is 1.32 bits per heavy atom. The van der Waals surface area contributed by atoms with Crippen LogP contribution in [0.5, 0.6) is 0 Å². The molecule has 1 heterocycles. The van der Waals surface area contributed by atoms with Gasteiger partial charge in [0, 0.05) is 22.7 Å². The van der Waals surface area contributed by atoms with E-state index in [-0.39, 0.29) is 0 Å². The second-order valence-corrected chi connectivity index (χ2v) is 7.00. The monoisotopic (exact) mass is 294 g/mol. The number of benzene rings is 1. The summed E-state index contributed by atoms with van der Waals surface area (Å²) < 4.78 is 0. The molecule has 0 unspecified atom stereocenters. The van der Waals surface area contributed by atoms with Crippen LogP contribution in [0.15, 0.2) is 0 Å². The zero-order valence-corrected chi connectivity index (χ0v) is 14.9. The van der Waals surface area contributed by atoms with Gasteiger partial charge >= 0.3 is 0 Å². The molecule has 3 rings (SSSR count). The third-order valence-corrected chi connectivity index (χ3v) is 5.43. The number of fused-ring (bicyclic) bond motifs is 3. The lowest BCUT2D eigenvalue weighted by Gasteiger charge is -2.27. The molecule has 0 aliphatic heterocycles. The van der Waals surface area contributed by atoms with E-state index < -0.39 is 0 Å². The van der Waals surface area contributed by atoms with Gasteiger partial charge in [0.15, 0.2) is 0 Å². The maximum Gasteiger partial charge on any atom is 0.131 e. The van der Waals surface area contributed by atoms with Crippen molar-refractivity contribution < 1.29 is 0 Å². The fraction of sp³-hybridized carbons (Fsp3) is 0.500. The number of aryl methyl sites for hydroxylation is 1. The summed E-state index contributed by atoms with van der Waals surface area (Å²) in [6.45, 7) is 15.5. The van der Waals surface area contributed by atoms with E-state index in [2.05, 4.69) is 48.5 Å². The van der Waals surface area contributed by atoms with Crippen LogP contribution < -0.4 is 0 Å². The van der Waals surface area contributed by atoms with Crippen LogP contribution in [-0.4, -0.2) is 9.97 Å². The topological polar surface area (TPSA) is 25.8 Å². The zero-order valence-electron chi connectivity index (χ0n) is 14.9. The Labute approximate surface area is 134 Å². The Morgan fingerprint density at radius 3 is 1.95 bits per heavy atom. The van der Waals surface area contributed by atoms with Crippen LogP contribution >= 0.6 is 0 Å². The zero-order chi connectivity index (χ0) is 16.2. The van der Waals surface area contributed by atoms with Crippen LogP contribution in [0.4, 0.5) is 0 Å². The second-order valence-electron chi connectivity index (χ2n) is 7.00. The summed E-state index contributed by atoms with van der Waals surface area (Å²) in [5.74, 6) is 1.33. The number of nitrogens with zero attached hydrogens (tertiary/aromatic N) is 2. The molecule has 2 aromatic rings. The molecular weight excluding hydrogens is 268 g/mol. The van der Waals surface area contributed by atoms with E-state index in [0.29, 0.717) is 5.92 Å². The minimum Gasteiger partial charge on any atom is -0.238 e. The molecule has 0 amide bonds. The first-order valence-electron chi connectivity index (χ1n) is 8.29. The van der Waals surface area contributed by atoms with Crippen molar-refractivity contribution in [3.63, 3.8) is 0 Å². The summed E-state index contributed by atoms with van der Waals surface area (Å²) in [6, 6.07) is 0. The van der Waals surface area contributed by atoms with Crippen LogP contribution in [0.2, 0.25) is 0 Å². The standard InChI is InChI=1S/C20H26N2/c1-10(2)20-21-15(7)17-9-8-16-13(5)11(3)12(4)14(6)18(16)19(17)22-20/h10H,8-9H2,1-7H3. The Morgan fingerprint density at radius 1 is 0.727 bits per heavy atom. The maximum atomic E-state index is 4.98. The molecule has 0 fully saturated rings. The van der Waals surface area contributed by atoms with Gasteiger partial charge in [0.25, 0.3) is 0 Å². The maximum absolute atomic E-state index is 4.98. The van der Waals surface area contributed by atoms with Gasteiger partial charge in [-0.2, -0.15) is 0 Å². The quantitative estimate of drug-likeness (QED) is 0.747. The van der Waals surface area contributed by atoms with Gasteiger partial charge in [-0.05, 0) is 75.3 Å². The number of aromatic nitrogens is 2. The summed E-state index contributed by atoms with van der Waals surface area (Å²) in [6.07, 6.45) is 2.18. The molecule has 2 heteroatoms. The highest BCUT2D eigenvalue weighted by Gasteiger charge is 2.26. The second kappa shape index (κ2) is 5.19. The third kappa shape index (κ3) is 2.08. The summed E-state index contributed by atoms with van der Waals surface area (Å²) in [5.41, 5.74) is 12.3. The predicted molar refractivity (Wildman–Crippen MR) is 92.7 cm³/mol. The van der Waals surface area contributed by atoms with Crippen molar-refractivity contribution in [2.24, 2.45) is 0 Å².